The summed E-state index contributed by atoms with van der Waals surface area (Å²) in [5, 5.41) is 14.4. The molecule has 0 saturated heterocycles. The number of carbonyl (C=O) groups is 2. The maximum absolute atomic E-state index is 13.1. The van der Waals surface area contributed by atoms with Gasteiger partial charge in [-0.2, -0.15) is 0 Å². The van der Waals surface area contributed by atoms with Gasteiger partial charge in [0, 0.05) is 38.6 Å². The number of hydrogen-bond acceptors (Lipinski definition) is 6. The number of rotatable bonds is 8. The standard InChI is InChI=1S/C27H28N6O5/c1-18-24(26(36)33(32(18)3)20-7-5-4-6-8-20)25(35)29-19-9-11-21(12-10-19)38-22-13-14-28-23(17-22)30-27(37)31(2)15-16-34/h4-14,17,34H,15-16H2,1-3H3,(H,29,35)(H,28,30,37). The minimum absolute atomic E-state index is 0.0627. The van der Waals surface area contributed by atoms with Gasteiger partial charge in [0.15, 0.2) is 0 Å². The monoisotopic (exact) mass is 516 g/mol. The Balaban J connectivity index is 1.44. The van der Waals surface area contributed by atoms with Gasteiger partial charge in [0.1, 0.15) is 22.9 Å². The Morgan fingerprint density at radius 3 is 2.42 bits per heavy atom. The zero-order valence-electron chi connectivity index (χ0n) is 21.2. The van der Waals surface area contributed by atoms with E-state index in [1.807, 2.05) is 18.2 Å². The molecule has 4 aromatic rings. The van der Waals surface area contributed by atoms with Crippen LogP contribution in [0.2, 0.25) is 0 Å². The zero-order chi connectivity index (χ0) is 27.2. The summed E-state index contributed by atoms with van der Waals surface area (Å²) >= 11 is 0. The molecule has 3 N–H and O–H groups in total. The predicted molar refractivity (Wildman–Crippen MR) is 143 cm³/mol. The molecule has 0 spiro atoms. The highest BCUT2D eigenvalue weighted by atomic mass is 16.5. The van der Waals surface area contributed by atoms with Crippen molar-refractivity contribution in [1.82, 2.24) is 19.2 Å². The summed E-state index contributed by atoms with van der Waals surface area (Å²) in [4.78, 5) is 43.6. The Bertz CT molecular complexity index is 1490. The second-order valence-corrected chi connectivity index (χ2v) is 8.47. The van der Waals surface area contributed by atoms with Crippen molar-refractivity contribution in [3.05, 3.63) is 94.5 Å². The molecule has 2 aromatic heterocycles. The fourth-order valence-electron chi connectivity index (χ4n) is 3.77. The van der Waals surface area contributed by atoms with E-state index in [4.69, 9.17) is 9.84 Å². The second kappa shape index (κ2) is 11.4. The van der Waals surface area contributed by atoms with Gasteiger partial charge in [0.05, 0.1) is 18.0 Å². The molecule has 11 nitrogen and oxygen atoms in total. The van der Waals surface area contributed by atoms with Crippen molar-refractivity contribution in [3.63, 3.8) is 0 Å². The lowest BCUT2D eigenvalue weighted by Gasteiger charge is -2.16. The fraction of sp³-hybridized carbons (Fsp3) is 0.185. The van der Waals surface area contributed by atoms with E-state index < -0.39 is 17.5 Å². The third kappa shape index (κ3) is 5.73. The minimum Gasteiger partial charge on any atom is -0.457 e. The van der Waals surface area contributed by atoms with E-state index in [0.717, 1.165) is 0 Å². The molecule has 0 aliphatic rings. The van der Waals surface area contributed by atoms with Crippen LogP contribution in [0.1, 0.15) is 16.1 Å². The molecule has 0 atom stereocenters. The number of benzene rings is 2. The summed E-state index contributed by atoms with van der Waals surface area (Å²) in [7, 11) is 3.29. The summed E-state index contributed by atoms with van der Waals surface area (Å²) in [6, 6.07) is 18.6. The summed E-state index contributed by atoms with van der Waals surface area (Å²) < 4.78 is 8.95. The van der Waals surface area contributed by atoms with E-state index in [0.29, 0.717) is 34.4 Å². The van der Waals surface area contributed by atoms with Crippen LogP contribution in [0.3, 0.4) is 0 Å². The highest BCUT2D eigenvalue weighted by molar-refractivity contribution is 6.05. The first-order valence-electron chi connectivity index (χ1n) is 11.8. The summed E-state index contributed by atoms with van der Waals surface area (Å²) in [6.45, 7) is 1.77. The van der Waals surface area contributed by atoms with Crippen LogP contribution in [0.15, 0.2) is 77.7 Å². The van der Waals surface area contributed by atoms with Crippen LogP contribution in [0.4, 0.5) is 16.3 Å². The normalized spacial score (nSPS) is 10.6. The number of carbonyl (C=O) groups excluding carboxylic acids is 2. The van der Waals surface area contributed by atoms with Gasteiger partial charge in [0.25, 0.3) is 11.5 Å². The third-order valence-electron chi connectivity index (χ3n) is 5.88. The molecule has 11 heteroatoms. The van der Waals surface area contributed by atoms with E-state index in [-0.39, 0.29) is 18.7 Å². The maximum Gasteiger partial charge on any atom is 0.322 e. The van der Waals surface area contributed by atoms with Crippen LogP contribution in [0.5, 0.6) is 11.5 Å². The topological polar surface area (TPSA) is 131 Å². The molecule has 4 rings (SSSR count). The van der Waals surface area contributed by atoms with E-state index >= 15 is 0 Å². The molecule has 0 bridgehead atoms. The van der Waals surface area contributed by atoms with Crippen molar-refractivity contribution in [2.24, 2.45) is 7.05 Å². The Kier molecular flexibility index (Phi) is 7.88. The molecule has 3 amide bonds. The summed E-state index contributed by atoms with van der Waals surface area (Å²) in [6.07, 6.45) is 1.50. The first kappa shape index (κ1) is 26.2. The van der Waals surface area contributed by atoms with Crippen LogP contribution in [0, 0.1) is 6.92 Å². The highest BCUT2D eigenvalue weighted by Gasteiger charge is 2.22. The number of hydrogen-bond donors (Lipinski definition) is 3. The van der Waals surface area contributed by atoms with Crippen molar-refractivity contribution in [3.8, 4) is 17.2 Å². The van der Waals surface area contributed by atoms with Crippen LogP contribution in [-0.2, 0) is 7.05 Å². The van der Waals surface area contributed by atoms with Crippen molar-refractivity contribution < 1.29 is 19.4 Å². The van der Waals surface area contributed by atoms with E-state index in [9.17, 15) is 14.4 Å². The molecule has 2 heterocycles. The van der Waals surface area contributed by atoms with E-state index in [1.165, 1.54) is 15.8 Å². The molecule has 0 saturated carbocycles. The smallest absolute Gasteiger partial charge is 0.322 e. The number of urea groups is 1. The Labute approximate surface area is 218 Å². The van der Waals surface area contributed by atoms with Gasteiger partial charge in [-0.1, -0.05) is 18.2 Å². The Morgan fingerprint density at radius 1 is 1.03 bits per heavy atom. The summed E-state index contributed by atoms with van der Waals surface area (Å²) in [5.74, 6) is 0.720. The molecule has 0 aliphatic carbocycles. The van der Waals surface area contributed by atoms with Gasteiger partial charge in [-0.3, -0.25) is 19.6 Å². The summed E-state index contributed by atoms with van der Waals surface area (Å²) in [5.41, 5.74) is 1.36. The predicted octanol–water partition coefficient (Wildman–Crippen LogP) is 3.38. The number of para-hydroxylation sites is 1. The lowest BCUT2D eigenvalue weighted by Crippen LogP contribution is -2.33. The number of amides is 3. The molecule has 0 aliphatic heterocycles. The van der Waals surface area contributed by atoms with Gasteiger partial charge in [-0.25, -0.2) is 14.5 Å². The first-order chi connectivity index (χ1) is 18.3. The minimum atomic E-state index is -0.507. The number of aliphatic hydroxyl groups excluding tert-OH is 1. The van der Waals surface area contributed by atoms with Gasteiger partial charge in [-0.15, -0.1) is 0 Å². The van der Waals surface area contributed by atoms with Crippen LogP contribution in [-0.4, -0.2) is 56.5 Å². The Hall–Kier alpha value is -4.90. The molecule has 38 heavy (non-hydrogen) atoms. The van der Waals surface area contributed by atoms with E-state index in [1.54, 1.807) is 74.2 Å². The molecule has 2 aromatic carbocycles. The molecule has 196 valence electrons. The number of aromatic nitrogens is 3. The number of pyridine rings is 1. The lowest BCUT2D eigenvalue weighted by molar-refractivity contribution is 0.102. The second-order valence-electron chi connectivity index (χ2n) is 8.47. The maximum atomic E-state index is 13.1. The molecular weight excluding hydrogens is 488 g/mol. The van der Waals surface area contributed by atoms with Crippen molar-refractivity contribution in [1.29, 1.82) is 0 Å². The van der Waals surface area contributed by atoms with Gasteiger partial charge in [-0.05, 0) is 49.4 Å². The molecule has 0 radical (unpaired) electrons. The third-order valence-corrected chi connectivity index (χ3v) is 5.88. The van der Waals surface area contributed by atoms with Gasteiger partial charge < -0.3 is 20.1 Å². The SMILES string of the molecule is Cc1c(C(=O)Nc2ccc(Oc3ccnc(NC(=O)N(C)CCO)c3)cc2)c(=O)n(-c2ccccc2)n1C. The van der Waals surface area contributed by atoms with Crippen molar-refractivity contribution >= 4 is 23.4 Å². The quantitative estimate of drug-likeness (QED) is 0.329. The largest absolute Gasteiger partial charge is 0.457 e. The molecular formula is C27H28N6O5. The number of likely N-dealkylation sites (N-methyl/N-ethyl adjacent to an activating group) is 1. The molecule has 0 fully saturated rings. The zero-order valence-corrected chi connectivity index (χ0v) is 21.2. The number of ether oxygens (including phenoxy) is 1. The lowest BCUT2D eigenvalue weighted by atomic mass is 10.2. The highest BCUT2D eigenvalue weighted by Crippen LogP contribution is 2.25. The van der Waals surface area contributed by atoms with Gasteiger partial charge >= 0.3 is 6.03 Å². The van der Waals surface area contributed by atoms with Crippen molar-refractivity contribution in [2.45, 2.75) is 6.92 Å². The average Bonchev–Trinajstić information content (AvgIpc) is 3.13. The average molecular weight is 517 g/mol. The van der Waals surface area contributed by atoms with Crippen molar-refractivity contribution in [2.75, 3.05) is 30.8 Å². The van der Waals surface area contributed by atoms with Crippen LogP contribution < -0.4 is 20.9 Å². The van der Waals surface area contributed by atoms with E-state index in [2.05, 4.69) is 15.6 Å². The first-order valence-corrected chi connectivity index (χ1v) is 11.8. The van der Waals surface area contributed by atoms with Crippen LogP contribution in [0.25, 0.3) is 5.69 Å². The van der Waals surface area contributed by atoms with Gasteiger partial charge in [0.2, 0.25) is 0 Å². The number of anilines is 2. The Morgan fingerprint density at radius 2 is 1.74 bits per heavy atom. The number of nitrogens with one attached hydrogen (secondary N) is 2. The number of aliphatic hydroxyl groups is 1. The fourth-order valence-corrected chi connectivity index (χ4v) is 3.77. The molecule has 0 unspecified atom stereocenters. The van der Waals surface area contributed by atoms with Crippen LogP contribution >= 0.6 is 0 Å². The number of nitrogens with zero attached hydrogens (tertiary/aromatic N) is 4.